The Bertz CT molecular complexity index is 1590. The second-order valence-corrected chi connectivity index (χ2v) is 9.19. The van der Waals surface area contributed by atoms with Crippen LogP contribution in [0.5, 0.6) is 0 Å². The van der Waals surface area contributed by atoms with Gasteiger partial charge in [-0.15, -0.1) is 0 Å². The van der Waals surface area contributed by atoms with Crippen molar-refractivity contribution in [1.29, 1.82) is 5.26 Å². The van der Waals surface area contributed by atoms with Gasteiger partial charge in [0.1, 0.15) is 17.5 Å². The van der Waals surface area contributed by atoms with Gasteiger partial charge < -0.3 is 15.7 Å². The third-order valence-electron chi connectivity index (χ3n) is 6.19. The third kappa shape index (κ3) is 4.52. The normalized spacial score (nSPS) is 17.4. The third-order valence-corrected chi connectivity index (χ3v) is 6.43. The summed E-state index contributed by atoms with van der Waals surface area (Å²) in [4.78, 5) is 21.2. The van der Waals surface area contributed by atoms with Crippen molar-refractivity contribution >= 4 is 39.9 Å². The van der Waals surface area contributed by atoms with E-state index in [0.717, 1.165) is 4.52 Å². The minimum absolute atomic E-state index is 0.0562. The molecule has 5 rings (SSSR count). The number of nitrogens with one attached hydrogen (secondary N) is 2. The molecule has 0 spiro atoms. The number of rotatable bonds is 5. The summed E-state index contributed by atoms with van der Waals surface area (Å²) in [7, 11) is 0. The van der Waals surface area contributed by atoms with Gasteiger partial charge in [0.05, 0.1) is 23.9 Å². The first kappa shape index (κ1) is 24.7. The highest BCUT2D eigenvalue weighted by atomic mass is 35.5. The first-order valence-electron chi connectivity index (χ1n) is 11.2. The SMILES string of the molecule is Cc1nc2c(C#N)c(C(F)(F)F)nn2c(NCC(=O)NC2CC(O)C2)c1-c1ccnc2cc(Cl)ccc12. The number of fused-ring (bicyclic) bond motifs is 2. The molecule has 4 aromatic rings. The number of alkyl halides is 3. The molecule has 0 atom stereocenters. The van der Waals surface area contributed by atoms with Crippen LogP contribution in [0.1, 0.15) is 29.8 Å². The van der Waals surface area contributed by atoms with Crippen molar-refractivity contribution in [1.82, 2.24) is 24.9 Å². The molecule has 1 aliphatic rings. The standard InChI is InChI=1S/C24H19ClF3N7O2/c1-11-20(16-4-5-30-18-6-12(25)2-3-15(16)18)23(31-10-19(37)33-13-7-14(36)8-13)35-22(32-11)17(9-29)21(34-35)24(26,27)28/h2-6,13-14,31,36H,7-8,10H2,1H3,(H,33,37). The molecule has 3 N–H and O–H groups in total. The smallest absolute Gasteiger partial charge is 0.393 e. The van der Waals surface area contributed by atoms with Gasteiger partial charge in [0, 0.05) is 28.2 Å². The molecular formula is C24H19ClF3N7O2. The van der Waals surface area contributed by atoms with Crippen molar-refractivity contribution in [2.75, 3.05) is 11.9 Å². The Morgan fingerprint density at radius 3 is 2.76 bits per heavy atom. The van der Waals surface area contributed by atoms with Crippen molar-refractivity contribution in [3.8, 4) is 17.2 Å². The first-order valence-corrected chi connectivity index (χ1v) is 11.6. The quantitative estimate of drug-likeness (QED) is 0.358. The molecule has 190 valence electrons. The summed E-state index contributed by atoms with van der Waals surface area (Å²) in [5.41, 5.74) is -0.569. The summed E-state index contributed by atoms with van der Waals surface area (Å²) < 4.78 is 42.1. The van der Waals surface area contributed by atoms with Gasteiger partial charge in [0.25, 0.3) is 0 Å². The molecule has 3 heterocycles. The van der Waals surface area contributed by atoms with Crippen molar-refractivity contribution in [3.05, 3.63) is 52.4 Å². The highest BCUT2D eigenvalue weighted by Gasteiger charge is 2.39. The maximum absolute atomic E-state index is 13.7. The topological polar surface area (TPSA) is 128 Å². The van der Waals surface area contributed by atoms with Gasteiger partial charge >= 0.3 is 6.18 Å². The molecule has 37 heavy (non-hydrogen) atoms. The largest absolute Gasteiger partial charge is 0.436 e. The Balaban J connectivity index is 1.69. The van der Waals surface area contributed by atoms with Crippen molar-refractivity contribution < 1.29 is 23.1 Å². The van der Waals surface area contributed by atoms with E-state index in [1.807, 2.05) is 0 Å². The van der Waals surface area contributed by atoms with E-state index in [0.29, 0.717) is 45.6 Å². The Morgan fingerprint density at radius 1 is 1.32 bits per heavy atom. The number of anilines is 1. The number of nitriles is 1. The number of aromatic nitrogens is 4. The van der Waals surface area contributed by atoms with Crippen LogP contribution in [0.2, 0.25) is 5.02 Å². The van der Waals surface area contributed by atoms with Gasteiger partial charge in [0.2, 0.25) is 5.91 Å². The predicted molar refractivity (Wildman–Crippen MR) is 129 cm³/mol. The lowest BCUT2D eigenvalue weighted by molar-refractivity contribution is -0.141. The van der Waals surface area contributed by atoms with Crippen molar-refractivity contribution in [3.63, 3.8) is 0 Å². The molecule has 1 amide bonds. The van der Waals surface area contributed by atoms with Crippen LogP contribution in [-0.2, 0) is 11.0 Å². The van der Waals surface area contributed by atoms with Crippen molar-refractivity contribution in [2.24, 2.45) is 0 Å². The van der Waals surface area contributed by atoms with E-state index in [2.05, 4.69) is 25.7 Å². The second kappa shape index (κ2) is 9.17. The number of nitrogens with zero attached hydrogens (tertiary/aromatic N) is 5. The van der Waals surface area contributed by atoms with Gasteiger partial charge in [-0.2, -0.15) is 28.0 Å². The van der Waals surface area contributed by atoms with E-state index in [9.17, 15) is 28.3 Å². The number of benzene rings is 1. The number of hydrogen-bond donors (Lipinski definition) is 3. The fourth-order valence-corrected chi connectivity index (χ4v) is 4.60. The van der Waals surface area contributed by atoms with Gasteiger partial charge in [-0.1, -0.05) is 17.7 Å². The van der Waals surface area contributed by atoms with Gasteiger partial charge in [-0.25, -0.2) is 4.98 Å². The number of amides is 1. The van der Waals surface area contributed by atoms with Crippen LogP contribution in [0.15, 0.2) is 30.5 Å². The zero-order chi connectivity index (χ0) is 26.5. The van der Waals surface area contributed by atoms with Gasteiger partial charge in [-0.05, 0) is 43.5 Å². The summed E-state index contributed by atoms with van der Waals surface area (Å²) in [6.45, 7) is 1.30. The maximum atomic E-state index is 13.7. The molecule has 9 nitrogen and oxygen atoms in total. The van der Waals surface area contributed by atoms with Crippen LogP contribution >= 0.6 is 11.6 Å². The molecule has 1 saturated carbocycles. The lowest BCUT2D eigenvalue weighted by Gasteiger charge is -2.32. The maximum Gasteiger partial charge on any atom is 0.436 e. The van der Waals surface area contributed by atoms with E-state index in [-0.39, 0.29) is 24.1 Å². The molecule has 13 heteroatoms. The zero-order valence-corrected chi connectivity index (χ0v) is 20.0. The summed E-state index contributed by atoms with van der Waals surface area (Å²) in [6.07, 6.45) is -2.97. The molecule has 0 radical (unpaired) electrons. The van der Waals surface area contributed by atoms with Crippen LogP contribution in [0.4, 0.5) is 19.0 Å². The number of halogens is 4. The fraction of sp³-hybridized carbons (Fsp3) is 0.292. The Morgan fingerprint density at radius 2 is 2.08 bits per heavy atom. The Hall–Kier alpha value is -3.95. The number of aliphatic hydroxyl groups excluding tert-OH is 1. The van der Waals surface area contributed by atoms with Crippen molar-refractivity contribution in [2.45, 2.75) is 38.1 Å². The second-order valence-electron chi connectivity index (χ2n) is 8.75. The first-order chi connectivity index (χ1) is 17.6. The molecular weight excluding hydrogens is 511 g/mol. The minimum atomic E-state index is -4.90. The van der Waals surface area contributed by atoms with Crippen LogP contribution in [0, 0.1) is 18.3 Å². The van der Waals surface area contributed by atoms with Crippen LogP contribution in [0.25, 0.3) is 27.7 Å². The van der Waals surface area contributed by atoms with E-state index in [1.54, 1.807) is 37.3 Å². The number of aryl methyl sites for hydroxylation is 1. The monoisotopic (exact) mass is 529 g/mol. The van der Waals surface area contributed by atoms with Crippen LogP contribution in [-0.4, -0.2) is 49.3 Å². The van der Waals surface area contributed by atoms with Gasteiger partial charge in [-0.3, -0.25) is 9.78 Å². The number of carbonyl (C=O) groups is 1. The van der Waals surface area contributed by atoms with E-state index in [1.165, 1.54) is 6.20 Å². The fourth-order valence-electron chi connectivity index (χ4n) is 4.44. The molecule has 3 aromatic heterocycles. The molecule has 0 unspecified atom stereocenters. The average molecular weight is 530 g/mol. The molecule has 0 saturated heterocycles. The highest BCUT2D eigenvalue weighted by molar-refractivity contribution is 6.31. The number of pyridine rings is 1. The molecule has 0 bridgehead atoms. The van der Waals surface area contributed by atoms with E-state index < -0.39 is 29.4 Å². The number of aliphatic hydroxyl groups is 1. The summed E-state index contributed by atoms with van der Waals surface area (Å²) in [6, 6.07) is 8.10. The summed E-state index contributed by atoms with van der Waals surface area (Å²) in [5, 5.41) is 29.4. The predicted octanol–water partition coefficient (Wildman–Crippen LogP) is 3.85. The van der Waals surface area contributed by atoms with Crippen LogP contribution in [0.3, 0.4) is 0 Å². The zero-order valence-electron chi connectivity index (χ0n) is 19.3. The van der Waals surface area contributed by atoms with Gasteiger partial charge in [0.15, 0.2) is 11.3 Å². The van der Waals surface area contributed by atoms with Crippen LogP contribution < -0.4 is 10.6 Å². The van der Waals surface area contributed by atoms with E-state index >= 15 is 0 Å². The molecule has 1 aliphatic carbocycles. The number of hydrogen-bond acceptors (Lipinski definition) is 7. The lowest BCUT2D eigenvalue weighted by Crippen LogP contribution is -2.48. The molecule has 0 aliphatic heterocycles. The Labute approximate surface area is 212 Å². The summed E-state index contributed by atoms with van der Waals surface area (Å²) in [5.74, 6) is -0.360. The summed E-state index contributed by atoms with van der Waals surface area (Å²) >= 11 is 6.11. The van der Waals surface area contributed by atoms with E-state index in [4.69, 9.17) is 11.6 Å². The average Bonchev–Trinajstić information content (AvgIpc) is 3.19. The lowest BCUT2D eigenvalue weighted by atomic mass is 9.89. The molecule has 1 fully saturated rings. The minimum Gasteiger partial charge on any atom is -0.393 e. The Kier molecular flexibility index (Phi) is 6.13. The molecule has 1 aromatic carbocycles. The number of carbonyl (C=O) groups excluding carboxylic acids is 1. The highest BCUT2D eigenvalue weighted by Crippen LogP contribution is 2.39.